The van der Waals surface area contributed by atoms with E-state index >= 15 is 0 Å². The van der Waals surface area contributed by atoms with Gasteiger partial charge in [-0.2, -0.15) is 0 Å². The van der Waals surface area contributed by atoms with E-state index in [1.54, 1.807) is 0 Å². The van der Waals surface area contributed by atoms with E-state index in [1.165, 1.54) is 5.56 Å². The van der Waals surface area contributed by atoms with Gasteiger partial charge >= 0.3 is 0 Å². The van der Waals surface area contributed by atoms with E-state index in [2.05, 4.69) is 35.2 Å². The van der Waals surface area contributed by atoms with Gasteiger partial charge in [-0.05, 0) is 18.4 Å². The van der Waals surface area contributed by atoms with Crippen molar-refractivity contribution in [2.45, 2.75) is 37.9 Å². The van der Waals surface area contributed by atoms with Crippen molar-refractivity contribution < 1.29 is 4.79 Å². The van der Waals surface area contributed by atoms with Gasteiger partial charge in [-0.1, -0.05) is 30.3 Å². The van der Waals surface area contributed by atoms with Gasteiger partial charge in [0.2, 0.25) is 5.91 Å². The third-order valence-electron chi connectivity index (χ3n) is 4.40. The van der Waals surface area contributed by atoms with Gasteiger partial charge in [0.1, 0.15) is 0 Å². The Bertz CT molecular complexity index is 431. The molecule has 3 nitrogen and oxygen atoms in total. The van der Waals surface area contributed by atoms with E-state index in [0.29, 0.717) is 24.4 Å². The summed E-state index contributed by atoms with van der Waals surface area (Å²) in [4.78, 5) is 16.2. The summed E-state index contributed by atoms with van der Waals surface area (Å²) in [5.41, 5.74) is 1.37. The minimum absolute atomic E-state index is 0.317. The van der Waals surface area contributed by atoms with Crippen molar-refractivity contribution in [2.75, 3.05) is 13.6 Å². The van der Waals surface area contributed by atoms with Gasteiger partial charge in [0.25, 0.3) is 0 Å². The summed E-state index contributed by atoms with van der Waals surface area (Å²) in [7, 11) is 1.96. The molecule has 0 aromatic heterocycles. The van der Waals surface area contributed by atoms with E-state index in [-0.39, 0.29) is 0 Å². The zero-order valence-electron chi connectivity index (χ0n) is 10.9. The smallest absolute Gasteiger partial charge is 0.222 e. The molecule has 3 heteroatoms. The number of rotatable bonds is 2. The molecular formula is C15H20N2O. The molecule has 0 saturated carbocycles. The first-order chi connectivity index (χ1) is 8.75. The predicted molar refractivity (Wildman–Crippen MR) is 71.0 cm³/mol. The third-order valence-corrected chi connectivity index (χ3v) is 4.40. The van der Waals surface area contributed by atoms with Crippen LogP contribution in [0.5, 0.6) is 0 Å². The van der Waals surface area contributed by atoms with Gasteiger partial charge < -0.3 is 4.90 Å². The van der Waals surface area contributed by atoms with Crippen molar-refractivity contribution in [3.8, 4) is 0 Å². The van der Waals surface area contributed by atoms with Crippen LogP contribution in [0.2, 0.25) is 0 Å². The molecule has 1 aromatic rings. The fourth-order valence-corrected chi connectivity index (χ4v) is 3.37. The molecule has 0 bridgehead atoms. The molecule has 3 rings (SSSR count). The predicted octanol–water partition coefficient (Wildman–Crippen LogP) is 1.88. The third kappa shape index (κ3) is 2.03. The summed E-state index contributed by atoms with van der Waals surface area (Å²) in [6.07, 6.45) is 2.86. The molecule has 1 amide bonds. The normalized spacial score (nSPS) is 28.5. The number of piperidine rings is 1. The van der Waals surface area contributed by atoms with Crippen molar-refractivity contribution in [2.24, 2.45) is 0 Å². The number of likely N-dealkylation sites (tertiary alicyclic amines) is 2. The number of benzene rings is 1. The molecule has 2 aliphatic rings. The lowest BCUT2D eigenvalue weighted by atomic mass is 9.97. The number of hydrogen-bond acceptors (Lipinski definition) is 2. The monoisotopic (exact) mass is 244 g/mol. The Morgan fingerprint density at radius 1 is 1.17 bits per heavy atom. The summed E-state index contributed by atoms with van der Waals surface area (Å²) >= 11 is 0. The van der Waals surface area contributed by atoms with Crippen LogP contribution in [0.3, 0.4) is 0 Å². The second-order valence-corrected chi connectivity index (χ2v) is 5.42. The van der Waals surface area contributed by atoms with Crippen LogP contribution in [0.1, 0.15) is 24.8 Å². The van der Waals surface area contributed by atoms with Crippen molar-refractivity contribution in [1.29, 1.82) is 0 Å². The molecule has 0 unspecified atom stereocenters. The molecule has 18 heavy (non-hydrogen) atoms. The zero-order valence-corrected chi connectivity index (χ0v) is 10.9. The summed E-state index contributed by atoms with van der Waals surface area (Å²) in [6, 6.07) is 11.6. The Balaban J connectivity index is 1.71. The highest BCUT2D eigenvalue weighted by Gasteiger charge is 2.41. The van der Waals surface area contributed by atoms with Crippen LogP contribution in [0.15, 0.2) is 30.3 Å². The van der Waals surface area contributed by atoms with Crippen molar-refractivity contribution in [3.63, 3.8) is 0 Å². The number of fused-ring (bicyclic) bond motifs is 1. The quantitative estimate of drug-likeness (QED) is 0.793. The number of carbonyl (C=O) groups excluding carboxylic acids is 1. The Morgan fingerprint density at radius 2 is 1.94 bits per heavy atom. The first kappa shape index (κ1) is 11.7. The molecule has 96 valence electrons. The molecule has 0 N–H and O–H groups in total. The first-order valence-electron chi connectivity index (χ1n) is 6.79. The fourth-order valence-electron chi connectivity index (χ4n) is 3.37. The van der Waals surface area contributed by atoms with E-state index in [0.717, 1.165) is 25.9 Å². The van der Waals surface area contributed by atoms with Gasteiger partial charge in [-0.25, -0.2) is 0 Å². The number of hydrogen-bond donors (Lipinski definition) is 0. The molecular weight excluding hydrogens is 224 g/mol. The maximum absolute atomic E-state index is 11.7. The minimum Gasteiger partial charge on any atom is -0.341 e. The van der Waals surface area contributed by atoms with Crippen LogP contribution < -0.4 is 0 Å². The maximum atomic E-state index is 11.7. The van der Waals surface area contributed by atoms with Crippen LogP contribution in [-0.2, 0) is 11.3 Å². The highest BCUT2D eigenvalue weighted by atomic mass is 16.2. The van der Waals surface area contributed by atoms with Gasteiger partial charge in [0.05, 0.1) is 0 Å². The average molecular weight is 244 g/mol. The van der Waals surface area contributed by atoms with Crippen LogP contribution >= 0.6 is 0 Å². The first-order valence-corrected chi connectivity index (χ1v) is 6.79. The summed E-state index contributed by atoms with van der Waals surface area (Å²) < 4.78 is 0. The molecule has 0 aliphatic carbocycles. The molecule has 2 aliphatic heterocycles. The van der Waals surface area contributed by atoms with Gasteiger partial charge in [0, 0.05) is 38.6 Å². The Morgan fingerprint density at radius 3 is 2.72 bits per heavy atom. The molecule has 2 fully saturated rings. The van der Waals surface area contributed by atoms with E-state index in [1.807, 2.05) is 11.9 Å². The summed E-state index contributed by atoms with van der Waals surface area (Å²) in [5, 5.41) is 0. The highest BCUT2D eigenvalue weighted by Crippen LogP contribution is 2.31. The summed E-state index contributed by atoms with van der Waals surface area (Å²) in [6.45, 7) is 2.13. The largest absolute Gasteiger partial charge is 0.341 e. The SMILES string of the molecule is CN1C(=O)CC[C@@H]2[C@H]1CCN2Cc1ccccc1. The number of amides is 1. The van der Waals surface area contributed by atoms with Crippen molar-refractivity contribution in [1.82, 2.24) is 9.80 Å². The Hall–Kier alpha value is -1.35. The van der Waals surface area contributed by atoms with Crippen molar-refractivity contribution in [3.05, 3.63) is 35.9 Å². The van der Waals surface area contributed by atoms with Crippen LogP contribution in [0.4, 0.5) is 0 Å². The second-order valence-electron chi connectivity index (χ2n) is 5.42. The van der Waals surface area contributed by atoms with Gasteiger partial charge in [-0.3, -0.25) is 9.69 Å². The standard InChI is InChI=1S/C15H20N2O/c1-16-13-9-10-17(14(13)7-8-15(16)18)11-12-5-3-2-4-6-12/h2-6,13-14H,7-11H2,1H3/t13-,14-/m1/s1. The number of likely N-dealkylation sites (N-methyl/N-ethyl adjacent to an activating group) is 1. The number of nitrogens with zero attached hydrogens (tertiary/aromatic N) is 2. The lowest BCUT2D eigenvalue weighted by Gasteiger charge is -2.37. The fraction of sp³-hybridized carbons (Fsp3) is 0.533. The molecule has 0 spiro atoms. The zero-order chi connectivity index (χ0) is 12.5. The minimum atomic E-state index is 0.317. The molecule has 2 saturated heterocycles. The maximum Gasteiger partial charge on any atom is 0.222 e. The number of carbonyl (C=O) groups is 1. The topological polar surface area (TPSA) is 23.6 Å². The van der Waals surface area contributed by atoms with Crippen molar-refractivity contribution >= 4 is 5.91 Å². The van der Waals surface area contributed by atoms with Gasteiger partial charge in [-0.15, -0.1) is 0 Å². The Labute approximate surface area is 108 Å². The van der Waals surface area contributed by atoms with Crippen LogP contribution in [0, 0.1) is 0 Å². The van der Waals surface area contributed by atoms with E-state index in [9.17, 15) is 4.79 Å². The molecule has 2 atom stereocenters. The highest BCUT2D eigenvalue weighted by molar-refractivity contribution is 5.77. The lowest BCUT2D eigenvalue weighted by molar-refractivity contribution is -0.135. The van der Waals surface area contributed by atoms with E-state index < -0.39 is 0 Å². The lowest BCUT2D eigenvalue weighted by Crippen LogP contribution is -2.50. The second kappa shape index (κ2) is 4.73. The summed E-state index contributed by atoms with van der Waals surface area (Å²) in [5.74, 6) is 0.317. The van der Waals surface area contributed by atoms with Crippen LogP contribution in [0.25, 0.3) is 0 Å². The Kier molecular flexibility index (Phi) is 3.08. The van der Waals surface area contributed by atoms with E-state index in [4.69, 9.17) is 0 Å². The molecule has 1 aromatic carbocycles. The molecule has 0 radical (unpaired) electrons. The molecule has 2 heterocycles. The van der Waals surface area contributed by atoms with Crippen LogP contribution in [-0.4, -0.2) is 41.4 Å². The van der Waals surface area contributed by atoms with Gasteiger partial charge in [0.15, 0.2) is 0 Å². The average Bonchev–Trinajstić information content (AvgIpc) is 2.79.